The number of methoxy groups -OCH3 is 1. The standard InChI is InChI=1S/C24H25F3N2O4/c1-3-32-23-12-19-15(10-22(23)31-2)8-9-29(14-30)21(19)7-4-16-13-28-20-6-5-17(11-18(16)20)33-24(25,26)27/h5-6,10-14,21,28H,3-4,7-9H2,1-2H3/t21-/m0/s1. The topological polar surface area (TPSA) is 63.8 Å². The highest BCUT2D eigenvalue weighted by atomic mass is 19.4. The number of aryl methyl sites for hydroxylation is 1. The van der Waals surface area contributed by atoms with Crippen molar-refractivity contribution in [2.45, 2.75) is 38.6 Å². The predicted molar refractivity (Wildman–Crippen MR) is 117 cm³/mol. The smallest absolute Gasteiger partial charge is 0.493 e. The van der Waals surface area contributed by atoms with Gasteiger partial charge in [0.2, 0.25) is 6.41 Å². The largest absolute Gasteiger partial charge is 0.573 e. The quantitative estimate of drug-likeness (QED) is 0.470. The lowest BCUT2D eigenvalue weighted by Gasteiger charge is -2.35. The molecule has 0 fully saturated rings. The number of aromatic nitrogens is 1. The lowest BCUT2D eigenvalue weighted by molar-refractivity contribution is -0.274. The molecule has 1 amide bonds. The van der Waals surface area contributed by atoms with E-state index in [0.29, 0.717) is 49.3 Å². The molecule has 0 aliphatic carbocycles. The minimum absolute atomic E-state index is 0.184. The SMILES string of the molecule is CCOc1cc2c(cc1OC)CCN(C=O)[C@H]2CCc1c[nH]c2ccc(OC(F)(F)F)cc12. The summed E-state index contributed by atoms with van der Waals surface area (Å²) in [5.41, 5.74) is 3.67. The van der Waals surface area contributed by atoms with Gasteiger partial charge in [-0.2, -0.15) is 0 Å². The molecule has 176 valence electrons. The molecule has 0 saturated heterocycles. The van der Waals surface area contributed by atoms with Crippen LogP contribution in [0.5, 0.6) is 17.2 Å². The lowest BCUT2D eigenvalue weighted by Crippen LogP contribution is -2.34. The van der Waals surface area contributed by atoms with Crippen LogP contribution in [0.15, 0.2) is 36.5 Å². The molecule has 1 atom stereocenters. The van der Waals surface area contributed by atoms with Gasteiger partial charge in [0, 0.05) is 23.6 Å². The van der Waals surface area contributed by atoms with Crippen LogP contribution in [0.2, 0.25) is 0 Å². The summed E-state index contributed by atoms with van der Waals surface area (Å²) in [4.78, 5) is 16.7. The Morgan fingerprint density at radius 3 is 2.73 bits per heavy atom. The number of nitrogens with one attached hydrogen (secondary N) is 1. The Hall–Kier alpha value is -3.36. The molecule has 1 aliphatic rings. The van der Waals surface area contributed by atoms with Gasteiger partial charge in [0.05, 0.1) is 19.8 Å². The van der Waals surface area contributed by atoms with E-state index in [1.165, 1.54) is 12.1 Å². The van der Waals surface area contributed by atoms with E-state index in [9.17, 15) is 18.0 Å². The number of benzene rings is 2. The maximum absolute atomic E-state index is 12.6. The van der Waals surface area contributed by atoms with E-state index in [1.807, 2.05) is 19.1 Å². The zero-order valence-electron chi connectivity index (χ0n) is 18.4. The summed E-state index contributed by atoms with van der Waals surface area (Å²) in [6, 6.07) is 7.94. The van der Waals surface area contributed by atoms with Crippen molar-refractivity contribution in [2.75, 3.05) is 20.3 Å². The molecule has 2 heterocycles. The van der Waals surface area contributed by atoms with E-state index < -0.39 is 6.36 Å². The van der Waals surface area contributed by atoms with Gasteiger partial charge >= 0.3 is 6.36 Å². The molecule has 9 heteroatoms. The summed E-state index contributed by atoms with van der Waals surface area (Å²) in [6.45, 7) is 2.95. The first-order valence-corrected chi connectivity index (χ1v) is 10.7. The van der Waals surface area contributed by atoms with E-state index in [2.05, 4.69) is 9.72 Å². The van der Waals surface area contributed by atoms with Crippen LogP contribution < -0.4 is 14.2 Å². The predicted octanol–water partition coefficient (Wildman–Crippen LogP) is 5.16. The number of fused-ring (bicyclic) bond motifs is 2. The van der Waals surface area contributed by atoms with Crippen molar-refractivity contribution in [3.63, 3.8) is 0 Å². The minimum Gasteiger partial charge on any atom is -0.493 e. The maximum Gasteiger partial charge on any atom is 0.573 e. The molecule has 0 saturated carbocycles. The van der Waals surface area contributed by atoms with Crippen molar-refractivity contribution in [1.82, 2.24) is 9.88 Å². The molecule has 4 rings (SSSR count). The number of alkyl halides is 3. The van der Waals surface area contributed by atoms with Crippen molar-refractivity contribution in [1.29, 1.82) is 0 Å². The second-order valence-corrected chi connectivity index (χ2v) is 7.85. The van der Waals surface area contributed by atoms with Crippen molar-refractivity contribution in [2.24, 2.45) is 0 Å². The molecule has 0 bridgehead atoms. The van der Waals surface area contributed by atoms with Crippen molar-refractivity contribution in [3.05, 3.63) is 53.2 Å². The van der Waals surface area contributed by atoms with Crippen LogP contribution in [-0.2, 0) is 17.6 Å². The number of halogens is 3. The number of carbonyl (C=O) groups excluding carboxylic acids is 1. The van der Waals surface area contributed by atoms with Crippen LogP contribution in [0.1, 0.15) is 36.1 Å². The summed E-state index contributed by atoms with van der Waals surface area (Å²) in [5.74, 6) is 1.02. The first kappa shape index (κ1) is 22.8. The second kappa shape index (κ2) is 9.25. The third-order valence-corrected chi connectivity index (χ3v) is 5.92. The Labute approximate surface area is 189 Å². The van der Waals surface area contributed by atoms with Gasteiger partial charge in [0.1, 0.15) is 5.75 Å². The molecule has 3 aromatic rings. The summed E-state index contributed by atoms with van der Waals surface area (Å²) in [6.07, 6.45) is -0.251. The van der Waals surface area contributed by atoms with E-state index in [4.69, 9.17) is 9.47 Å². The molecule has 33 heavy (non-hydrogen) atoms. The molecular formula is C24H25F3N2O4. The van der Waals surface area contributed by atoms with Crippen molar-refractivity contribution in [3.8, 4) is 17.2 Å². The number of H-pyrrole nitrogens is 1. The maximum atomic E-state index is 12.6. The molecule has 0 unspecified atom stereocenters. The molecule has 0 spiro atoms. The monoisotopic (exact) mass is 462 g/mol. The van der Waals surface area contributed by atoms with E-state index in [0.717, 1.165) is 28.6 Å². The van der Waals surface area contributed by atoms with Crippen LogP contribution >= 0.6 is 0 Å². The van der Waals surface area contributed by atoms with Crippen LogP contribution in [0, 0.1) is 0 Å². The number of hydrogen-bond acceptors (Lipinski definition) is 4. The highest BCUT2D eigenvalue weighted by molar-refractivity contribution is 5.84. The van der Waals surface area contributed by atoms with Gasteiger partial charge in [-0.15, -0.1) is 13.2 Å². The zero-order chi connectivity index (χ0) is 23.6. The fourth-order valence-corrected chi connectivity index (χ4v) is 4.46. The second-order valence-electron chi connectivity index (χ2n) is 7.85. The minimum atomic E-state index is -4.75. The van der Waals surface area contributed by atoms with Gasteiger partial charge in [0.15, 0.2) is 11.5 Å². The molecular weight excluding hydrogens is 437 g/mol. The fourth-order valence-electron chi connectivity index (χ4n) is 4.46. The van der Waals surface area contributed by atoms with Gasteiger partial charge in [-0.05, 0) is 73.2 Å². The number of rotatable bonds is 8. The highest BCUT2D eigenvalue weighted by Gasteiger charge is 2.31. The number of aromatic amines is 1. The van der Waals surface area contributed by atoms with Crippen molar-refractivity contribution >= 4 is 17.3 Å². The average molecular weight is 462 g/mol. The molecule has 1 aliphatic heterocycles. The van der Waals surface area contributed by atoms with E-state index in [-0.39, 0.29) is 11.8 Å². The normalized spacial score (nSPS) is 15.9. The van der Waals surface area contributed by atoms with E-state index >= 15 is 0 Å². The molecule has 2 aromatic carbocycles. The lowest BCUT2D eigenvalue weighted by atomic mass is 9.88. The molecule has 1 aromatic heterocycles. The summed E-state index contributed by atoms with van der Waals surface area (Å²) >= 11 is 0. The average Bonchev–Trinajstić information content (AvgIpc) is 3.18. The Bertz CT molecular complexity index is 1140. The Balaban J connectivity index is 1.62. The van der Waals surface area contributed by atoms with Crippen LogP contribution in [0.3, 0.4) is 0 Å². The van der Waals surface area contributed by atoms with E-state index in [1.54, 1.807) is 24.3 Å². The van der Waals surface area contributed by atoms with Crippen LogP contribution in [-0.4, -0.2) is 42.9 Å². The first-order valence-electron chi connectivity index (χ1n) is 10.7. The van der Waals surface area contributed by atoms with Crippen molar-refractivity contribution < 1.29 is 32.2 Å². The summed E-state index contributed by atoms with van der Waals surface area (Å²) < 4.78 is 53.2. The van der Waals surface area contributed by atoms with Gasteiger partial charge in [-0.3, -0.25) is 4.79 Å². The van der Waals surface area contributed by atoms with Gasteiger partial charge < -0.3 is 24.1 Å². The number of nitrogens with zero attached hydrogens (tertiary/aromatic N) is 1. The third kappa shape index (κ3) is 4.86. The summed E-state index contributed by atoms with van der Waals surface area (Å²) in [7, 11) is 1.59. The van der Waals surface area contributed by atoms with Gasteiger partial charge in [0.25, 0.3) is 0 Å². The van der Waals surface area contributed by atoms with Gasteiger partial charge in [-0.25, -0.2) is 0 Å². The third-order valence-electron chi connectivity index (χ3n) is 5.92. The van der Waals surface area contributed by atoms with Crippen LogP contribution in [0.25, 0.3) is 10.9 Å². The fraction of sp³-hybridized carbons (Fsp3) is 0.375. The zero-order valence-corrected chi connectivity index (χ0v) is 18.4. The number of amides is 1. The molecule has 0 radical (unpaired) electrons. The molecule has 1 N–H and O–H groups in total. The number of carbonyl (C=O) groups is 1. The summed E-state index contributed by atoms with van der Waals surface area (Å²) in [5, 5.41) is 0.662. The number of hydrogen-bond donors (Lipinski definition) is 1. The Morgan fingerprint density at radius 1 is 1.21 bits per heavy atom. The van der Waals surface area contributed by atoms with Gasteiger partial charge in [-0.1, -0.05) is 0 Å². The Kier molecular flexibility index (Phi) is 6.40. The molecule has 6 nitrogen and oxygen atoms in total. The van der Waals surface area contributed by atoms with Crippen LogP contribution in [0.4, 0.5) is 13.2 Å². The first-order chi connectivity index (χ1) is 15.8. The highest BCUT2D eigenvalue weighted by Crippen LogP contribution is 2.40. The Morgan fingerprint density at radius 2 is 2.03 bits per heavy atom. The number of ether oxygens (including phenoxy) is 3.